The number of esters is 3. The zero-order chi connectivity index (χ0) is 36.9. The van der Waals surface area contributed by atoms with Crippen molar-refractivity contribution in [3.63, 3.8) is 0 Å². The minimum Gasteiger partial charge on any atom is -0.466 e. The average molecular weight is 712 g/mol. The fraction of sp³-hybridized carbons (Fsp3) is 0.711. The first-order chi connectivity index (χ1) is 24.1. The number of amides is 2. The van der Waals surface area contributed by atoms with Gasteiger partial charge in [0.25, 0.3) is 5.91 Å². The van der Waals surface area contributed by atoms with Gasteiger partial charge in [-0.1, -0.05) is 25.0 Å². The molecule has 1 aliphatic heterocycles. The first-order valence-electron chi connectivity index (χ1n) is 18.3. The Morgan fingerprint density at radius 3 is 2.18 bits per heavy atom. The number of carbonyl (C=O) groups is 5. The zero-order valence-electron chi connectivity index (χ0n) is 31.0. The van der Waals surface area contributed by atoms with E-state index in [1.165, 1.54) is 30.9 Å². The zero-order valence-corrected chi connectivity index (χ0v) is 31.0. The Morgan fingerprint density at radius 1 is 0.961 bits per heavy atom. The summed E-state index contributed by atoms with van der Waals surface area (Å²) in [6, 6.07) is 6.96. The second kappa shape index (κ2) is 13.9. The molecule has 1 aromatic carbocycles. The number of anilines is 1. The van der Waals surface area contributed by atoms with Gasteiger partial charge in [0.05, 0.1) is 20.3 Å². The number of hydrogen-bond donors (Lipinski definition) is 0. The molecule has 1 heterocycles. The Balaban J connectivity index is 1.29. The molecule has 13 nitrogen and oxygen atoms in total. The van der Waals surface area contributed by atoms with Crippen molar-refractivity contribution in [2.24, 2.45) is 17.8 Å². The maximum atomic E-state index is 14.9. The van der Waals surface area contributed by atoms with Crippen molar-refractivity contribution in [3.8, 4) is 0 Å². The van der Waals surface area contributed by atoms with E-state index in [0.717, 1.165) is 50.0 Å². The van der Waals surface area contributed by atoms with Crippen LogP contribution in [0.5, 0.6) is 0 Å². The molecule has 2 amide bonds. The van der Waals surface area contributed by atoms with Gasteiger partial charge in [0.15, 0.2) is 11.7 Å². The fourth-order valence-electron chi connectivity index (χ4n) is 7.58. The number of ether oxygens (including phenoxy) is 5. The lowest BCUT2D eigenvalue weighted by atomic mass is 10.0. The minimum atomic E-state index is -1.61. The number of carbonyl (C=O) groups excluding carboxylic acids is 5. The van der Waals surface area contributed by atoms with Gasteiger partial charge in [-0.15, -0.1) is 0 Å². The standard InChI is InChI=1S/C38H53N3O10/c1-23(31(42)47-7)49-34(45)37(21-28(37)25-10-11-25)40(6)33(44)38(22-29(38)26-12-14-27(15-13-26)41-16-18-48-19-17-41)50-32(43)30(20-24-8-9-24)39(5)35(46)51-36(2,3)4/h12-15,23-25,28-30H,8-11,16-22H2,1-7H3/t23-,28?,29?,30+,37?,38?/m1/s1. The molecule has 0 N–H and O–H groups in total. The van der Waals surface area contributed by atoms with Gasteiger partial charge in [0, 0.05) is 45.2 Å². The predicted octanol–water partition coefficient (Wildman–Crippen LogP) is 4.06. The fourth-order valence-corrected chi connectivity index (χ4v) is 7.58. The van der Waals surface area contributed by atoms with Gasteiger partial charge in [-0.25, -0.2) is 19.2 Å². The Labute approximate surface area is 300 Å². The van der Waals surface area contributed by atoms with Gasteiger partial charge >= 0.3 is 24.0 Å². The molecule has 1 saturated heterocycles. The highest BCUT2D eigenvalue weighted by atomic mass is 16.6. The molecule has 0 radical (unpaired) electrons. The first kappa shape index (κ1) is 36.9. The molecule has 4 saturated carbocycles. The van der Waals surface area contributed by atoms with Crippen molar-refractivity contribution in [2.45, 2.75) is 107 Å². The van der Waals surface area contributed by atoms with Crippen molar-refractivity contribution in [1.29, 1.82) is 0 Å². The van der Waals surface area contributed by atoms with Crippen LogP contribution in [0.25, 0.3) is 0 Å². The van der Waals surface area contributed by atoms with Crippen LogP contribution in [0.15, 0.2) is 24.3 Å². The Morgan fingerprint density at radius 2 is 1.61 bits per heavy atom. The maximum absolute atomic E-state index is 14.9. The highest BCUT2D eigenvalue weighted by Gasteiger charge is 2.74. The van der Waals surface area contributed by atoms with Gasteiger partial charge in [-0.3, -0.25) is 9.69 Å². The van der Waals surface area contributed by atoms with E-state index in [4.69, 9.17) is 23.7 Å². The van der Waals surface area contributed by atoms with Crippen molar-refractivity contribution in [1.82, 2.24) is 9.80 Å². The third-order valence-corrected chi connectivity index (χ3v) is 11.2. The molecule has 4 aliphatic carbocycles. The summed E-state index contributed by atoms with van der Waals surface area (Å²) in [5, 5.41) is 0. The Kier molecular flexibility index (Phi) is 10.1. The lowest BCUT2D eigenvalue weighted by molar-refractivity contribution is -0.176. The Bertz CT molecular complexity index is 1510. The largest absolute Gasteiger partial charge is 0.466 e. The average Bonchev–Trinajstić information content (AvgIpc) is 3.91. The first-order valence-corrected chi connectivity index (χ1v) is 18.3. The highest BCUT2D eigenvalue weighted by Crippen LogP contribution is 2.63. The number of nitrogens with zero attached hydrogens (tertiary/aromatic N) is 3. The number of methoxy groups -OCH3 is 1. The molecule has 1 aromatic rings. The van der Waals surface area contributed by atoms with Gasteiger partial charge in [0.1, 0.15) is 17.2 Å². The van der Waals surface area contributed by atoms with Gasteiger partial charge in [0.2, 0.25) is 0 Å². The van der Waals surface area contributed by atoms with Crippen LogP contribution in [0.4, 0.5) is 10.5 Å². The summed E-state index contributed by atoms with van der Waals surface area (Å²) in [5.74, 6) is -2.66. The lowest BCUT2D eigenvalue weighted by Crippen LogP contribution is -2.55. The Hall–Kier alpha value is -3.87. The SMILES string of the molecule is COC(=O)[C@@H](C)OC(=O)C1(N(C)C(=O)C2(OC(=O)[C@H](CC3CC3)N(C)C(=O)OC(C)(C)C)CC2c2ccc(N3CCOCC3)cc2)CC1C1CC1. The van der Waals surface area contributed by atoms with E-state index in [0.29, 0.717) is 26.1 Å². The summed E-state index contributed by atoms with van der Waals surface area (Å²) in [4.78, 5) is 73.3. The van der Waals surface area contributed by atoms with Crippen LogP contribution in [0, 0.1) is 17.8 Å². The van der Waals surface area contributed by atoms with Crippen molar-refractivity contribution in [2.75, 3.05) is 52.4 Å². The smallest absolute Gasteiger partial charge is 0.410 e. The minimum absolute atomic E-state index is 0.137. The molecule has 6 rings (SSSR count). The molecule has 5 fully saturated rings. The van der Waals surface area contributed by atoms with E-state index < -0.39 is 64.7 Å². The van der Waals surface area contributed by atoms with Gasteiger partial charge in [-0.05, 0) is 88.8 Å². The molecule has 280 valence electrons. The number of benzene rings is 1. The molecule has 4 unspecified atom stereocenters. The van der Waals surface area contributed by atoms with E-state index in [-0.39, 0.29) is 24.2 Å². The summed E-state index contributed by atoms with van der Waals surface area (Å²) in [5.41, 5.74) is -1.82. The van der Waals surface area contributed by atoms with Crippen LogP contribution in [0.3, 0.4) is 0 Å². The molecule has 13 heteroatoms. The highest BCUT2D eigenvalue weighted by molar-refractivity contribution is 5.99. The van der Waals surface area contributed by atoms with E-state index in [1.54, 1.807) is 27.8 Å². The number of morpholine rings is 1. The molecule has 0 aromatic heterocycles. The molecule has 6 atom stereocenters. The predicted molar refractivity (Wildman–Crippen MR) is 185 cm³/mol. The number of rotatable bonds is 13. The van der Waals surface area contributed by atoms with Crippen LogP contribution in [0.1, 0.15) is 84.1 Å². The van der Waals surface area contributed by atoms with Crippen LogP contribution >= 0.6 is 0 Å². The van der Waals surface area contributed by atoms with E-state index >= 15 is 0 Å². The summed E-state index contributed by atoms with van der Waals surface area (Å²) in [6.45, 7) is 9.56. The molecular weight excluding hydrogens is 658 g/mol. The van der Waals surface area contributed by atoms with Crippen LogP contribution in [0.2, 0.25) is 0 Å². The lowest BCUT2D eigenvalue weighted by Gasteiger charge is -2.34. The molecule has 0 bridgehead atoms. The number of likely N-dealkylation sites (N-methyl/N-ethyl adjacent to an activating group) is 2. The summed E-state index contributed by atoms with van der Waals surface area (Å²) in [6.07, 6.45) is 2.94. The van der Waals surface area contributed by atoms with E-state index in [2.05, 4.69) is 4.90 Å². The van der Waals surface area contributed by atoms with Gasteiger partial charge < -0.3 is 33.5 Å². The third kappa shape index (κ3) is 7.68. The molecule has 5 aliphatic rings. The van der Waals surface area contributed by atoms with Crippen molar-refractivity contribution >= 4 is 35.6 Å². The summed E-state index contributed by atoms with van der Waals surface area (Å²) < 4.78 is 27.8. The molecular formula is C38H53N3O10. The normalized spacial score (nSPS) is 28.1. The molecule has 51 heavy (non-hydrogen) atoms. The van der Waals surface area contributed by atoms with Crippen molar-refractivity contribution in [3.05, 3.63) is 29.8 Å². The molecule has 0 spiro atoms. The second-order valence-corrected chi connectivity index (χ2v) is 16.1. The second-order valence-electron chi connectivity index (χ2n) is 16.1. The third-order valence-electron chi connectivity index (χ3n) is 11.2. The monoisotopic (exact) mass is 711 g/mol. The van der Waals surface area contributed by atoms with Crippen molar-refractivity contribution < 1.29 is 47.7 Å². The van der Waals surface area contributed by atoms with E-state index in [1.807, 2.05) is 24.3 Å². The number of hydrogen-bond acceptors (Lipinski definition) is 11. The summed E-state index contributed by atoms with van der Waals surface area (Å²) >= 11 is 0. The van der Waals surface area contributed by atoms with Crippen LogP contribution in [-0.2, 0) is 42.9 Å². The summed E-state index contributed by atoms with van der Waals surface area (Å²) in [7, 11) is 4.31. The van der Waals surface area contributed by atoms with Crippen LogP contribution < -0.4 is 4.90 Å². The van der Waals surface area contributed by atoms with E-state index in [9.17, 15) is 24.0 Å². The quantitative estimate of drug-likeness (QED) is 0.216. The topological polar surface area (TPSA) is 141 Å². The van der Waals surface area contributed by atoms with Crippen LogP contribution in [-0.4, -0.2) is 116 Å². The maximum Gasteiger partial charge on any atom is 0.410 e. The van der Waals surface area contributed by atoms with Gasteiger partial charge in [-0.2, -0.15) is 0 Å².